The van der Waals surface area contributed by atoms with Gasteiger partial charge in [0.15, 0.2) is 0 Å². The van der Waals surface area contributed by atoms with Gasteiger partial charge in [-0.1, -0.05) is 0 Å². The molecule has 2 rings (SSSR count). The SMILES string of the molecule is CC(N)Cc1cnc(-n2ccnc2)nc1. The van der Waals surface area contributed by atoms with E-state index in [1.165, 1.54) is 0 Å². The minimum absolute atomic E-state index is 0.132. The lowest BCUT2D eigenvalue weighted by atomic mass is 10.1. The van der Waals surface area contributed by atoms with Gasteiger partial charge < -0.3 is 5.73 Å². The summed E-state index contributed by atoms with van der Waals surface area (Å²) in [6, 6.07) is 0.132. The summed E-state index contributed by atoms with van der Waals surface area (Å²) >= 11 is 0. The van der Waals surface area contributed by atoms with Crippen molar-refractivity contribution in [3.8, 4) is 5.95 Å². The van der Waals surface area contributed by atoms with Gasteiger partial charge in [0.2, 0.25) is 5.95 Å². The first-order chi connectivity index (χ1) is 7.25. The summed E-state index contributed by atoms with van der Waals surface area (Å²) in [4.78, 5) is 12.4. The Kier molecular flexibility index (Phi) is 2.73. The van der Waals surface area contributed by atoms with Crippen LogP contribution in [-0.4, -0.2) is 25.6 Å². The zero-order valence-electron chi connectivity index (χ0n) is 8.54. The van der Waals surface area contributed by atoms with Gasteiger partial charge in [-0.05, 0) is 18.9 Å². The molecule has 2 N–H and O–H groups in total. The Labute approximate surface area is 88.0 Å². The van der Waals surface area contributed by atoms with Crippen LogP contribution in [0.15, 0.2) is 31.1 Å². The Morgan fingerprint density at radius 1 is 1.40 bits per heavy atom. The lowest BCUT2D eigenvalue weighted by Gasteiger charge is -2.05. The molecule has 0 saturated heterocycles. The predicted molar refractivity (Wildman–Crippen MR) is 56.5 cm³/mol. The second kappa shape index (κ2) is 4.18. The van der Waals surface area contributed by atoms with Gasteiger partial charge in [-0.15, -0.1) is 0 Å². The number of hydrogen-bond donors (Lipinski definition) is 1. The fourth-order valence-electron chi connectivity index (χ4n) is 1.34. The van der Waals surface area contributed by atoms with Gasteiger partial charge >= 0.3 is 0 Å². The lowest BCUT2D eigenvalue weighted by Crippen LogP contribution is -2.18. The van der Waals surface area contributed by atoms with E-state index in [0.29, 0.717) is 5.95 Å². The molecule has 2 heterocycles. The maximum absolute atomic E-state index is 5.69. The highest BCUT2D eigenvalue weighted by atomic mass is 15.2. The first-order valence-electron chi connectivity index (χ1n) is 4.80. The zero-order valence-corrected chi connectivity index (χ0v) is 8.54. The third-order valence-corrected chi connectivity index (χ3v) is 1.98. The average molecular weight is 203 g/mol. The molecule has 15 heavy (non-hydrogen) atoms. The number of rotatable bonds is 3. The number of hydrogen-bond acceptors (Lipinski definition) is 4. The molecule has 5 nitrogen and oxygen atoms in total. The summed E-state index contributed by atoms with van der Waals surface area (Å²) in [6.07, 6.45) is 9.56. The average Bonchev–Trinajstić information content (AvgIpc) is 2.71. The number of imidazole rings is 1. The molecule has 0 saturated carbocycles. The molecular formula is C10H13N5. The fourth-order valence-corrected chi connectivity index (χ4v) is 1.34. The number of nitrogens with zero attached hydrogens (tertiary/aromatic N) is 4. The smallest absolute Gasteiger partial charge is 0.234 e. The highest BCUT2D eigenvalue weighted by Crippen LogP contribution is 2.02. The van der Waals surface area contributed by atoms with Crippen LogP contribution in [0.25, 0.3) is 5.95 Å². The largest absolute Gasteiger partial charge is 0.328 e. The standard InChI is InChI=1S/C10H13N5/c1-8(11)4-9-5-13-10(14-6-9)15-3-2-12-7-15/h2-3,5-8H,4,11H2,1H3. The lowest BCUT2D eigenvalue weighted by molar-refractivity contribution is 0.730. The normalized spacial score (nSPS) is 12.7. The minimum atomic E-state index is 0.132. The molecular weight excluding hydrogens is 190 g/mol. The van der Waals surface area contributed by atoms with E-state index >= 15 is 0 Å². The van der Waals surface area contributed by atoms with Crippen LogP contribution in [0.1, 0.15) is 12.5 Å². The molecule has 1 unspecified atom stereocenters. The molecule has 0 aliphatic heterocycles. The molecule has 0 fully saturated rings. The van der Waals surface area contributed by atoms with Crippen LogP contribution >= 0.6 is 0 Å². The summed E-state index contributed by atoms with van der Waals surface area (Å²) in [5.41, 5.74) is 6.74. The van der Waals surface area contributed by atoms with E-state index < -0.39 is 0 Å². The zero-order chi connectivity index (χ0) is 10.7. The van der Waals surface area contributed by atoms with Crippen molar-refractivity contribution < 1.29 is 0 Å². The predicted octanol–water partition coefficient (Wildman–Crippen LogP) is 0.552. The van der Waals surface area contributed by atoms with Crippen LogP contribution in [-0.2, 0) is 6.42 Å². The maximum Gasteiger partial charge on any atom is 0.234 e. The third-order valence-electron chi connectivity index (χ3n) is 1.98. The van der Waals surface area contributed by atoms with Gasteiger partial charge in [0.1, 0.15) is 6.33 Å². The molecule has 1 atom stereocenters. The van der Waals surface area contributed by atoms with Gasteiger partial charge in [0.25, 0.3) is 0 Å². The summed E-state index contributed by atoms with van der Waals surface area (Å²) in [7, 11) is 0. The van der Waals surface area contributed by atoms with Crippen molar-refractivity contribution >= 4 is 0 Å². The van der Waals surface area contributed by atoms with Crippen LogP contribution in [0.4, 0.5) is 0 Å². The molecule has 0 radical (unpaired) electrons. The molecule has 2 aromatic heterocycles. The van der Waals surface area contributed by atoms with E-state index in [0.717, 1.165) is 12.0 Å². The second-order valence-corrected chi connectivity index (χ2v) is 3.54. The van der Waals surface area contributed by atoms with Gasteiger partial charge in [-0.25, -0.2) is 15.0 Å². The van der Waals surface area contributed by atoms with Gasteiger partial charge in [0.05, 0.1) is 0 Å². The van der Waals surface area contributed by atoms with E-state index in [2.05, 4.69) is 15.0 Å². The second-order valence-electron chi connectivity index (χ2n) is 3.54. The van der Waals surface area contributed by atoms with Crippen molar-refractivity contribution in [1.82, 2.24) is 19.5 Å². The maximum atomic E-state index is 5.69. The highest BCUT2D eigenvalue weighted by molar-refractivity contribution is 5.15. The Morgan fingerprint density at radius 3 is 2.67 bits per heavy atom. The fraction of sp³-hybridized carbons (Fsp3) is 0.300. The Bertz CT molecular complexity index is 404. The molecule has 0 spiro atoms. The quantitative estimate of drug-likeness (QED) is 0.791. The molecule has 5 heteroatoms. The molecule has 0 aromatic carbocycles. The first-order valence-corrected chi connectivity index (χ1v) is 4.80. The molecule has 0 amide bonds. The summed E-state index contributed by atoms with van der Waals surface area (Å²) in [5, 5.41) is 0. The number of nitrogens with two attached hydrogens (primary N) is 1. The van der Waals surface area contributed by atoms with Gasteiger partial charge in [-0.3, -0.25) is 4.57 Å². The van der Waals surface area contributed by atoms with Crippen molar-refractivity contribution in [3.63, 3.8) is 0 Å². The van der Waals surface area contributed by atoms with E-state index in [-0.39, 0.29) is 6.04 Å². The number of aromatic nitrogens is 4. The monoisotopic (exact) mass is 203 g/mol. The third kappa shape index (κ3) is 2.38. The topological polar surface area (TPSA) is 69.6 Å². The van der Waals surface area contributed by atoms with E-state index in [9.17, 15) is 0 Å². The van der Waals surface area contributed by atoms with Gasteiger partial charge in [0, 0.05) is 30.8 Å². The van der Waals surface area contributed by atoms with Crippen LogP contribution in [0, 0.1) is 0 Å². The highest BCUT2D eigenvalue weighted by Gasteiger charge is 2.01. The van der Waals surface area contributed by atoms with Crippen LogP contribution in [0.3, 0.4) is 0 Å². The minimum Gasteiger partial charge on any atom is -0.328 e. The summed E-state index contributed by atoms with van der Waals surface area (Å²) < 4.78 is 1.76. The van der Waals surface area contributed by atoms with E-state index in [4.69, 9.17) is 5.73 Å². The summed E-state index contributed by atoms with van der Waals surface area (Å²) in [6.45, 7) is 1.96. The van der Waals surface area contributed by atoms with E-state index in [1.54, 1.807) is 35.7 Å². The van der Waals surface area contributed by atoms with E-state index in [1.807, 2.05) is 6.92 Å². The van der Waals surface area contributed by atoms with Crippen molar-refractivity contribution in [2.75, 3.05) is 0 Å². The molecule has 0 aliphatic rings. The van der Waals surface area contributed by atoms with Crippen LogP contribution in [0.5, 0.6) is 0 Å². The van der Waals surface area contributed by atoms with Crippen LogP contribution in [0.2, 0.25) is 0 Å². The molecule has 78 valence electrons. The first kappa shape index (κ1) is 9.79. The molecule has 2 aromatic rings. The molecule has 0 aliphatic carbocycles. The Balaban J connectivity index is 2.17. The van der Waals surface area contributed by atoms with Crippen molar-refractivity contribution in [3.05, 3.63) is 36.7 Å². The van der Waals surface area contributed by atoms with Gasteiger partial charge in [-0.2, -0.15) is 0 Å². The van der Waals surface area contributed by atoms with Crippen molar-refractivity contribution in [2.24, 2.45) is 5.73 Å². The molecule has 0 bridgehead atoms. The Morgan fingerprint density at radius 2 is 2.13 bits per heavy atom. The van der Waals surface area contributed by atoms with Crippen LogP contribution < -0.4 is 5.73 Å². The Hall–Kier alpha value is -1.75. The summed E-state index contributed by atoms with van der Waals surface area (Å²) in [5.74, 6) is 0.626. The van der Waals surface area contributed by atoms with Crippen molar-refractivity contribution in [1.29, 1.82) is 0 Å². The van der Waals surface area contributed by atoms with Crippen molar-refractivity contribution in [2.45, 2.75) is 19.4 Å².